The topological polar surface area (TPSA) is 72.2 Å². The summed E-state index contributed by atoms with van der Waals surface area (Å²) in [4.78, 5) is 27.8. The second-order valence-corrected chi connectivity index (χ2v) is 5.07. The largest absolute Gasteiger partial charge is 0.463 e. The predicted molar refractivity (Wildman–Crippen MR) is 82.3 cm³/mol. The van der Waals surface area contributed by atoms with Crippen LogP contribution < -0.4 is 10.7 Å². The summed E-state index contributed by atoms with van der Waals surface area (Å²) in [6.45, 7) is 0. The summed E-state index contributed by atoms with van der Waals surface area (Å²) in [5.41, 5.74) is 0.671. The molecule has 5 nitrogen and oxygen atoms in total. The highest BCUT2D eigenvalue weighted by atomic mass is 32.1. The molecule has 3 aromatic rings. The molecule has 2 aromatic heterocycles. The molecule has 0 bridgehead atoms. The lowest BCUT2D eigenvalue weighted by atomic mass is 10.1. The number of benzene rings is 1. The third-order valence-corrected chi connectivity index (χ3v) is 3.47. The molecule has 0 atom stereocenters. The van der Waals surface area contributed by atoms with Gasteiger partial charge in [-0.3, -0.25) is 14.9 Å². The van der Waals surface area contributed by atoms with Crippen molar-refractivity contribution in [3.8, 4) is 0 Å². The number of hydrogen-bond acceptors (Lipinski definition) is 5. The monoisotopic (exact) mass is 298 g/mol. The van der Waals surface area contributed by atoms with Crippen LogP contribution in [-0.2, 0) is 4.79 Å². The van der Waals surface area contributed by atoms with Crippen LogP contribution in [0.5, 0.6) is 0 Å². The highest BCUT2D eigenvalue weighted by Gasteiger charge is 2.05. The van der Waals surface area contributed by atoms with Gasteiger partial charge in [0.25, 0.3) is 0 Å². The van der Waals surface area contributed by atoms with E-state index in [2.05, 4.69) is 10.3 Å². The van der Waals surface area contributed by atoms with Gasteiger partial charge in [0.05, 0.1) is 10.9 Å². The molecule has 0 spiro atoms. The van der Waals surface area contributed by atoms with Crippen LogP contribution in [0.3, 0.4) is 0 Å². The van der Waals surface area contributed by atoms with Gasteiger partial charge in [-0.05, 0) is 18.2 Å². The van der Waals surface area contributed by atoms with Gasteiger partial charge in [0.2, 0.25) is 5.91 Å². The molecule has 2 heterocycles. The Kier molecular flexibility index (Phi) is 3.61. The fraction of sp³-hybridized carbons (Fsp3) is 0. The third-order valence-electron chi connectivity index (χ3n) is 2.78. The van der Waals surface area contributed by atoms with Crippen LogP contribution in [-0.4, -0.2) is 10.9 Å². The minimum absolute atomic E-state index is 0.171. The van der Waals surface area contributed by atoms with Crippen molar-refractivity contribution >= 4 is 39.4 Å². The normalized spacial score (nSPS) is 11.0. The van der Waals surface area contributed by atoms with Crippen molar-refractivity contribution in [1.82, 2.24) is 4.98 Å². The number of amides is 1. The Labute approximate surface area is 123 Å². The molecule has 0 fully saturated rings. The smallest absolute Gasteiger partial charge is 0.250 e. The SMILES string of the molecule is O=C(/C=C/c1coc2ccccc2c1=O)Nc1nccs1. The molecule has 0 aliphatic carbocycles. The molecule has 1 amide bonds. The summed E-state index contributed by atoms with van der Waals surface area (Å²) >= 11 is 1.32. The van der Waals surface area contributed by atoms with Crippen molar-refractivity contribution in [3.05, 3.63) is 64.0 Å². The van der Waals surface area contributed by atoms with Gasteiger partial charge in [-0.15, -0.1) is 11.3 Å². The van der Waals surface area contributed by atoms with Gasteiger partial charge in [0.15, 0.2) is 10.6 Å². The number of aromatic nitrogens is 1. The first-order valence-electron chi connectivity index (χ1n) is 6.13. The molecule has 0 radical (unpaired) electrons. The van der Waals surface area contributed by atoms with Crippen LogP contribution in [0.25, 0.3) is 17.0 Å². The van der Waals surface area contributed by atoms with Gasteiger partial charge in [0.1, 0.15) is 11.8 Å². The molecule has 0 saturated heterocycles. The van der Waals surface area contributed by atoms with E-state index in [9.17, 15) is 9.59 Å². The Hall–Kier alpha value is -2.73. The fourth-order valence-electron chi connectivity index (χ4n) is 1.81. The van der Waals surface area contributed by atoms with E-state index in [1.807, 2.05) is 0 Å². The van der Waals surface area contributed by atoms with Crippen LogP contribution >= 0.6 is 11.3 Å². The fourth-order valence-corrected chi connectivity index (χ4v) is 2.34. The highest BCUT2D eigenvalue weighted by Crippen LogP contribution is 2.12. The lowest BCUT2D eigenvalue weighted by Gasteiger charge is -1.98. The number of nitrogens with zero attached hydrogens (tertiary/aromatic N) is 1. The Morgan fingerprint density at radius 2 is 2.19 bits per heavy atom. The predicted octanol–water partition coefficient (Wildman–Crippen LogP) is 2.90. The highest BCUT2D eigenvalue weighted by molar-refractivity contribution is 7.13. The quantitative estimate of drug-likeness (QED) is 0.755. The molecular weight excluding hydrogens is 288 g/mol. The molecular formula is C15H10N2O3S. The van der Waals surface area contributed by atoms with Gasteiger partial charge < -0.3 is 4.42 Å². The Bertz CT molecular complexity index is 866. The number of thiazole rings is 1. The van der Waals surface area contributed by atoms with Gasteiger partial charge in [-0.25, -0.2) is 4.98 Å². The van der Waals surface area contributed by atoms with Crippen molar-refractivity contribution in [1.29, 1.82) is 0 Å². The summed E-state index contributed by atoms with van der Waals surface area (Å²) < 4.78 is 5.37. The minimum atomic E-state index is -0.350. The number of hydrogen-bond donors (Lipinski definition) is 1. The van der Waals surface area contributed by atoms with Crippen molar-refractivity contribution in [3.63, 3.8) is 0 Å². The minimum Gasteiger partial charge on any atom is -0.463 e. The van der Waals surface area contributed by atoms with Crippen LogP contribution in [0.15, 0.2) is 57.4 Å². The summed E-state index contributed by atoms with van der Waals surface area (Å²) in [7, 11) is 0. The van der Waals surface area contributed by atoms with E-state index in [4.69, 9.17) is 4.42 Å². The van der Waals surface area contributed by atoms with Gasteiger partial charge in [0, 0.05) is 17.7 Å². The van der Waals surface area contributed by atoms with E-state index < -0.39 is 0 Å². The Balaban J connectivity index is 1.84. The zero-order chi connectivity index (χ0) is 14.7. The summed E-state index contributed by atoms with van der Waals surface area (Å²) in [5, 5.41) is 5.35. The molecule has 0 aliphatic heterocycles. The first-order chi connectivity index (χ1) is 10.2. The number of nitrogens with one attached hydrogen (secondary N) is 1. The second-order valence-electron chi connectivity index (χ2n) is 4.18. The van der Waals surface area contributed by atoms with Crippen molar-refractivity contribution in [2.75, 3.05) is 5.32 Å². The van der Waals surface area contributed by atoms with Gasteiger partial charge in [-0.2, -0.15) is 0 Å². The third kappa shape index (κ3) is 2.90. The number of fused-ring (bicyclic) bond motifs is 1. The van der Waals surface area contributed by atoms with E-state index in [0.29, 0.717) is 21.7 Å². The average molecular weight is 298 g/mol. The van der Waals surface area contributed by atoms with Crippen molar-refractivity contribution < 1.29 is 9.21 Å². The molecule has 6 heteroatoms. The van der Waals surface area contributed by atoms with E-state index >= 15 is 0 Å². The molecule has 1 aromatic carbocycles. The molecule has 0 aliphatic rings. The maximum absolute atomic E-state index is 12.2. The van der Waals surface area contributed by atoms with E-state index in [1.54, 1.807) is 35.8 Å². The molecule has 0 saturated carbocycles. The summed E-state index contributed by atoms with van der Waals surface area (Å²) in [6, 6.07) is 6.97. The standard InChI is InChI=1S/C15H10N2O3S/c18-13(17-15-16-7-8-21-15)6-5-10-9-20-12-4-2-1-3-11(12)14(10)19/h1-9H,(H,16,17,18)/b6-5+. The first-order valence-corrected chi connectivity index (χ1v) is 7.01. The van der Waals surface area contributed by atoms with Crippen molar-refractivity contribution in [2.45, 2.75) is 0 Å². The molecule has 3 rings (SSSR count). The average Bonchev–Trinajstić information content (AvgIpc) is 3.00. The number of carbonyl (C=O) groups excluding carboxylic acids is 1. The van der Waals surface area contributed by atoms with Crippen LogP contribution in [0.4, 0.5) is 5.13 Å². The van der Waals surface area contributed by atoms with Crippen LogP contribution in [0.2, 0.25) is 0 Å². The van der Waals surface area contributed by atoms with E-state index in [1.165, 1.54) is 29.8 Å². The molecule has 104 valence electrons. The Morgan fingerprint density at radius 3 is 3.00 bits per heavy atom. The van der Waals surface area contributed by atoms with Crippen molar-refractivity contribution in [2.24, 2.45) is 0 Å². The van der Waals surface area contributed by atoms with E-state index in [-0.39, 0.29) is 11.3 Å². The van der Waals surface area contributed by atoms with Gasteiger partial charge in [-0.1, -0.05) is 12.1 Å². The van der Waals surface area contributed by atoms with Crippen LogP contribution in [0.1, 0.15) is 5.56 Å². The molecule has 21 heavy (non-hydrogen) atoms. The summed E-state index contributed by atoms with van der Waals surface area (Å²) in [5.74, 6) is -0.350. The maximum Gasteiger partial charge on any atom is 0.250 e. The molecule has 0 unspecified atom stereocenters. The number of rotatable bonds is 3. The molecule has 1 N–H and O–H groups in total. The lowest BCUT2D eigenvalue weighted by Crippen LogP contribution is -2.09. The number of anilines is 1. The van der Waals surface area contributed by atoms with Crippen LogP contribution in [0, 0.1) is 0 Å². The zero-order valence-electron chi connectivity index (χ0n) is 10.8. The first kappa shape index (κ1) is 13.3. The maximum atomic E-state index is 12.2. The summed E-state index contributed by atoms with van der Waals surface area (Å²) in [6.07, 6.45) is 5.66. The number of para-hydroxylation sites is 1. The Morgan fingerprint density at radius 1 is 1.33 bits per heavy atom. The van der Waals surface area contributed by atoms with Gasteiger partial charge >= 0.3 is 0 Å². The second kappa shape index (κ2) is 5.72. The zero-order valence-corrected chi connectivity index (χ0v) is 11.6. The van der Waals surface area contributed by atoms with E-state index in [0.717, 1.165) is 0 Å². The number of carbonyl (C=O) groups is 1. The lowest BCUT2D eigenvalue weighted by molar-refractivity contribution is -0.111.